The van der Waals surface area contributed by atoms with Gasteiger partial charge in [0.25, 0.3) is 0 Å². The minimum atomic E-state index is -0.575. The van der Waals surface area contributed by atoms with Crippen LogP contribution in [0.5, 0.6) is 0 Å². The van der Waals surface area contributed by atoms with Gasteiger partial charge in [0.15, 0.2) is 0 Å². The molecule has 2 aliphatic heterocycles. The molecule has 2 amide bonds. The van der Waals surface area contributed by atoms with Gasteiger partial charge in [-0.15, -0.1) is 0 Å². The van der Waals surface area contributed by atoms with Crippen LogP contribution in [0.2, 0.25) is 0 Å². The van der Waals surface area contributed by atoms with Gasteiger partial charge in [-0.2, -0.15) is 0 Å². The first-order valence-corrected chi connectivity index (χ1v) is 10.1. The van der Waals surface area contributed by atoms with Crippen molar-refractivity contribution in [1.29, 1.82) is 0 Å². The number of benzene rings is 1. The molecule has 4 rings (SSSR count). The summed E-state index contributed by atoms with van der Waals surface area (Å²) in [6.07, 6.45) is -0.151. The van der Waals surface area contributed by atoms with E-state index in [0.717, 1.165) is 27.2 Å². The van der Waals surface area contributed by atoms with Crippen LogP contribution in [0.1, 0.15) is 38.2 Å². The lowest BCUT2D eigenvalue weighted by Gasteiger charge is -2.37. The van der Waals surface area contributed by atoms with Crippen LogP contribution in [0.15, 0.2) is 28.7 Å². The summed E-state index contributed by atoms with van der Waals surface area (Å²) in [4.78, 5) is 31.5. The summed E-state index contributed by atoms with van der Waals surface area (Å²) in [6, 6.07) is 7.67. The molecular formula is C20H23BrN4O3. The number of rotatable bonds is 1. The zero-order chi connectivity index (χ0) is 20.1. The highest BCUT2D eigenvalue weighted by Crippen LogP contribution is 2.35. The minimum absolute atomic E-state index is 0.0817. The number of imidazole rings is 1. The lowest BCUT2D eigenvalue weighted by molar-refractivity contribution is -0.120. The molecule has 1 atom stereocenters. The summed E-state index contributed by atoms with van der Waals surface area (Å²) in [5.74, 6) is 0.753. The number of carbonyl (C=O) groups excluding carboxylic acids is 2. The number of carbonyl (C=O) groups is 2. The largest absolute Gasteiger partial charge is 0.444 e. The first kappa shape index (κ1) is 19.0. The Kier molecular flexibility index (Phi) is 4.69. The van der Waals surface area contributed by atoms with Crippen molar-refractivity contribution in [2.75, 3.05) is 13.1 Å². The van der Waals surface area contributed by atoms with E-state index in [1.54, 1.807) is 4.90 Å². The summed E-state index contributed by atoms with van der Waals surface area (Å²) in [7, 11) is 0. The molecule has 2 aliphatic rings. The summed E-state index contributed by atoms with van der Waals surface area (Å²) < 4.78 is 8.74. The fraction of sp³-hybridized carbons (Fsp3) is 0.450. The third-order valence-electron chi connectivity index (χ3n) is 4.89. The molecule has 1 N–H and O–H groups in total. The van der Waals surface area contributed by atoms with Gasteiger partial charge in [-0.1, -0.05) is 28.1 Å². The van der Waals surface area contributed by atoms with E-state index < -0.39 is 5.60 Å². The SMILES string of the molecule is CC(C)(C)OC(=O)N1CCn2c(-c3ccc(Br)cc3)nc3c2C1CNC(=O)C3. The molecule has 0 saturated carbocycles. The van der Waals surface area contributed by atoms with E-state index in [4.69, 9.17) is 9.72 Å². The Bertz CT molecular complexity index is 930. The number of aromatic nitrogens is 2. The smallest absolute Gasteiger partial charge is 0.410 e. The number of nitrogens with one attached hydrogen (secondary N) is 1. The van der Waals surface area contributed by atoms with Crippen molar-refractivity contribution < 1.29 is 14.3 Å². The molecular weight excluding hydrogens is 424 g/mol. The summed E-state index contributed by atoms with van der Waals surface area (Å²) in [5.41, 5.74) is 2.06. The third-order valence-corrected chi connectivity index (χ3v) is 5.42. The Morgan fingerprint density at radius 2 is 1.96 bits per heavy atom. The van der Waals surface area contributed by atoms with E-state index in [-0.39, 0.29) is 24.5 Å². The highest BCUT2D eigenvalue weighted by molar-refractivity contribution is 9.10. The van der Waals surface area contributed by atoms with Crippen molar-refractivity contribution in [3.63, 3.8) is 0 Å². The van der Waals surface area contributed by atoms with Crippen LogP contribution < -0.4 is 5.32 Å². The van der Waals surface area contributed by atoms with Gasteiger partial charge in [-0.3, -0.25) is 9.69 Å². The highest BCUT2D eigenvalue weighted by Gasteiger charge is 2.39. The lowest BCUT2D eigenvalue weighted by atomic mass is 10.1. The molecule has 0 spiro atoms. The second-order valence-corrected chi connectivity index (χ2v) is 9.01. The molecule has 0 saturated heterocycles. The molecule has 28 heavy (non-hydrogen) atoms. The predicted molar refractivity (Wildman–Crippen MR) is 108 cm³/mol. The quantitative estimate of drug-likeness (QED) is 0.728. The van der Waals surface area contributed by atoms with Crippen LogP contribution in [0, 0.1) is 0 Å². The summed E-state index contributed by atoms with van der Waals surface area (Å²) >= 11 is 3.46. The maximum absolute atomic E-state index is 12.8. The van der Waals surface area contributed by atoms with Crippen LogP contribution >= 0.6 is 15.9 Å². The molecule has 0 radical (unpaired) electrons. The Morgan fingerprint density at radius 3 is 2.64 bits per heavy atom. The van der Waals surface area contributed by atoms with Crippen molar-refractivity contribution in [2.45, 2.75) is 45.4 Å². The van der Waals surface area contributed by atoms with Gasteiger partial charge >= 0.3 is 6.09 Å². The molecule has 1 aromatic heterocycles. The van der Waals surface area contributed by atoms with Crippen LogP contribution in [0.4, 0.5) is 4.79 Å². The van der Waals surface area contributed by atoms with Gasteiger partial charge in [0, 0.05) is 29.7 Å². The first-order chi connectivity index (χ1) is 13.2. The Hall–Kier alpha value is -2.35. The lowest BCUT2D eigenvalue weighted by Crippen LogP contribution is -2.47. The first-order valence-electron chi connectivity index (χ1n) is 9.34. The number of hydrogen-bond donors (Lipinski definition) is 1. The number of hydrogen-bond acceptors (Lipinski definition) is 4. The number of nitrogens with zero attached hydrogens (tertiary/aromatic N) is 3. The van der Waals surface area contributed by atoms with Gasteiger partial charge in [0.2, 0.25) is 5.91 Å². The average Bonchev–Trinajstić information content (AvgIpc) is 2.88. The Morgan fingerprint density at radius 1 is 1.25 bits per heavy atom. The van der Waals surface area contributed by atoms with E-state index in [1.165, 1.54) is 0 Å². The molecule has 2 aromatic rings. The molecule has 1 unspecified atom stereocenters. The number of halogens is 1. The topological polar surface area (TPSA) is 76.5 Å². The monoisotopic (exact) mass is 446 g/mol. The number of ether oxygens (including phenoxy) is 1. The van der Waals surface area contributed by atoms with Crippen molar-refractivity contribution >= 4 is 27.9 Å². The second-order valence-electron chi connectivity index (χ2n) is 8.10. The van der Waals surface area contributed by atoms with E-state index in [0.29, 0.717) is 19.6 Å². The average molecular weight is 447 g/mol. The maximum atomic E-state index is 12.8. The molecule has 8 heteroatoms. The van der Waals surface area contributed by atoms with Crippen molar-refractivity contribution in [3.05, 3.63) is 40.1 Å². The summed E-state index contributed by atoms with van der Waals surface area (Å²) in [6.45, 7) is 7.02. The molecule has 0 aliphatic carbocycles. The van der Waals surface area contributed by atoms with Crippen LogP contribution in [0.25, 0.3) is 11.4 Å². The second kappa shape index (κ2) is 6.92. The number of amides is 2. The Balaban J connectivity index is 1.76. The summed E-state index contributed by atoms with van der Waals surface area (Å²) in [5, 5.41) is 2.91. The fourth-order valence-electron chi connectivity index (χ4n) is 3.75. The zero-order valence-corrected chi connectivity index (χ0v) is 17.7. The zero-order valence-electron chi connectivity index (χ0n) is 16.2. The third kappa shape index (κ3) is 3.53. The fourth-order valence-corrected chi connectivity index (χ4v) is 4.01. The van der Waals surface area contributed by atoms with Crippen LogP contribution in [-0.4, -0.2) is 45.1 Å². The van der Waals surface area contributed by atoms with Gasteiger partial charge < -0.3 is 14.6 Å². The highest BCUT2D eigenvalue weighted by atomic mass is 79.9. The molecule has 148 valence electrons. The van der Waals surface area contributed by atoms with E-state index in [9.17, 15) is 9.59 Å². The van der Waals surface area contributed by atoms with E-state index in [1.807, 2.05) is 45.0 Å². The van der Waals surface area contributed by atoms with E-state index >= 15 is 0 Å². The minimum Gasteiger partial charge on any atom is -0.444 e. The maximum Gasteiger partial charge on any atom is 0.410 e. The molecule has 1 aromatic carbocycles. The molecule has 0 bridgehead atoms. The van der Waals surface area contributed by atoms with Crippen LogP contribution in [0.3, 0.4) is 0 Å². The van der Waals surface area contributed by atoms with Crippen molar-refractivity contribution in [1.82, 2.24) is 19.8 Å². The van der Waals surface area contributed by atoms with Crippen molar-refractivity contribution in [3.8, 4) is 11.4 Å². The van der Waals surface area contributed by atoms with E-state index in [2.05, 4.69) is 25.8 Å². The molecule has 3 heterocycles. The van der Waals surface area contributed by atoms with Crippen molar-refractivity contribution in [2.24, 2.45) is 0 Å². The van der Waals surface area contributed by atoms with Crippen LogP contribution in [-0.2, 0) is 22.5 Å². The Labute approximate surface area is 172 Å². The van der Waals surface area contributed by atoms with Gasteiger partial charge in [0.1, 0.15) is 11.4 Å². The van der Waals surface area contributed by atoms with Gasteiger partial charge in [-0.25, -0.2) is 9.78 Å². The normalized spacial score (nSPS) is 18.9. The standard InChI is InChI=1S/C20H23BrN4O3/c1-20(2,3)28-19(27)24-8-9-25-17-14(10-16(26)22-11-15(17)24)23-18(25)12-4-6-13(21)7-5-12/h4-7,15H,8-11H2,1-3H3,(H,22,26). The molecule has 7 nitrogen and oxygen atoms in total. The predicted octanol–water partition coefficient (Wildman–Crippen LogP) is 3.28. The molecule has 0 fully saturated rings. The van der Waals surface area contributed by atoms with Gasteiger partial charge in [0.05, 0.1) is 23.9 Å². The van der Waals surface area contributed by atoms with Gasteiger partial charge in [-0.05, 0) is 32.9 Å².